The summed E-state index contributed by atoms with van der Waals surface area (Å²) >= 11 is 6.11. The molecule has 0 radical (unpaired) electrons. The fourth-order valence-corrected chi connectivity index (χ4v) is 5.77. The molecule has 1 aliphatic heterocycles. The van der Waals surface area contributed by atoms with E-state index in [0.717, 1.165) is 16.8 Å². The zero-order valence-electron chi connectivity index (χ0n) is 22.8. The minimum Gasteiger partial charge on any atom is -0.497 e. The lowest BCUT2D eigenvalue weighted by Crippen LogP contribution is -2.36. The third-order valence-electron chi connectivity index (χ3n) is 7.60. The number of halogens is 1. The van der Waals surface area contributed by atoms with E-state index in [-0.39, 0.29) is 18.3 Å². The maximum atomic E-state index is 13.9. The van der Waals surface area contributed by atoms with Crippen LogP contribution in [-0.4, -0.2) is 32.6 Å². The van der Waals surface area contributed by atoms with Crippen LogP contribution in [0.25, 0.3) is 0 Å². The van der Waals surface area contributed by atoms with Crippen LogP contribution in [0.2, 0.25) is 5.02 Å². The Labute approximate surface area is 239 Å². The minimum atomic E-state index is -0.663. The normalized spacial score (nSPS) is 18.6. The second-order valence-corrected chi connectivity index (χ2v) is 10.5. The molecule has 3 aromatic carbocycles. The van der Waals surface area contributed by atoms with Crippen molar-refractivity contribution in [3.63, 3.8) is 0 Å². The van der Waals surface area contributed by atoms with Crippen molar-refractivity contribution in [2.45, 2.75) is 38.0 Å². The molecule has 2 unspecified atom stereocenters. The molecule has 0 amide bonds. The number of Topliss-reactive ketones (excluding diaryl/α,β-unsaturated/α-hetero) is 1. The van der Waals surface area contributed by atoms with Crippen LogP contribution >= 0.6 is 11.6 Å². The molecular formula is C33H32ClNO5. The van der Waals surface area contributed by atoms with Gasteiger partial charge in [-0.1, -0.05) is 54.1 Å². The average Bonchev–Trinajstić information content (AvgIpc) is 2.96. The Hall–Kier alpha value is -4.03. The van der Waals surface area contributed by atoms with Crippen molar-refractivity contribution in [2.75, 3.05) is 20.8 Å². The molecule has 1 aliphatic carbocycles. The summed E-state index contributed by atoms with van der Waals surface area (Å²) in [6.45, 7) is 2.08. The van der Waals surface area contributed by atoms with Crippen LogP contribution in [0, 0.1) is 0 Å². The Bertz CT molecular complexity index is 1480. The van der Waals surface area contributed by atoms with Crippen molar-refractivity contribution < 1.29 is 23.8 Å². The number of hydrogen-bond acceptors (Lipinski definition) is 6. The topological polar surface area (TPSA) is 73.9 Å². The van der Waals surface area contributed by atoms with E-state index < -0.39 is 11.9 Å². The van der Waals surface area contributed by atoms with Crippen LogP contribution < -0.4 is 14.8 Å². The fourth-order valence-electron chi connectivity index (χ4n) is 5.64. The largest absolute Gasteiger partial charge is 0.497 e. The summed E-state index contributed by atoms with van der Waals surface area (Å²) in [4.78, 5) is 27.6. The van der Waals surface area contributed by atoms with E-state index in [1.54, 1.807) is 26.4 Å². The smallest absolute Gasteiger partial charge is 0.336 e. The fraction of sp³-hybridized carbons (Fsp3) is 0.273. The van der Waals surface area contributed by atoms with Gasteiger partial charge < -0.3 is 19.5 Å². The predicted molar refractivity (Wildman–Crippen MR) is 155 cm³/mol. The van der Waals surface area contributed by atoms with Crippen molar-refractivity contribution in [1.29, 1.82) is 0 Å². The number of hydrogen-bond donors (Lipinski definition) is 1. The first-order valence-electron chi connectivity index (χ1n) is 13.3. The van der Waals surface area contributed by atoms with Crippen LogP contribution in [0.5, 0.6) is 11.5 Å². The van der Waals surface area contributed by atoms with Crippen LogP contribution in [0.4, 0.5) is 0 Å². The molecule has 0 bridgehead atoms. The van der Waals surface area contributed by atoms with E-state index in [9.17, 15) is 9.59 Å². The van der Waals surface area contributed by atoms with Crippen LogP contribution in [0.3, 0.4) is 0 Å². The van der Waals surface area contributed by atoms with Gasteiger partial charge in [-0.05, 0) is 60.7 Å². The summed E-state index contributed by atoms with van der Waals surface area (Å²) in [5.41, 5.74) is 5.24. The SMILES string of the molecule is COc1ccc(OC)c(C2C(C(=O)OCCc3ccccc3)=C(C)NC3=C2C(=O)CC(c2ccc(Cl)cc2)C3)c1. The number of benzene rings is 3. The Morgan fingerprint density at radius 1 is 0.975 bits per heavy atom. The van der Waals surface area contributed by atoms with E-state index in [4.69, 9.17) is 25.8 Å². The summed E-state index contributed by atoms with van der Waals surface area (Å²) in [5, 5.41) is 4.06. The summed E-state index contributed by atoms with van der Waals surface area (Å²) < 4.78 is 17.0. The zero-order chi connectivity index (χ0) is 28.2. The molecule has 1 N–H and O–H groups in total. The highest BCUT2D eigenvalue weighted by molar-refractivity contribution is 6.30. The lowest BCUT2D eigenvalue weighted by atomic mass is 9.71. The van der Waals surface area contributed by atoms with Crippen molar-refractivity contribution in [3.8, 4) is 11.5 Å². The molecule has 206 valence electrons. The average molecular weight is 558 g/mol. The van der Waals surface area contributed by atoms with Gasteiger partial charge in [0.25, 0.3) is 0 Å². The van der Waals surface area contributed by atoms with E-state index in [1.165, 1.54) is 0 Å². The molecule has 7 heteroatoms. The Kier molecular flexibility index (Phi) is 8.27. The number of dihydropyridines is 1. The first kappa shape index (κ1) is 27.5. The number of ketones is 1. The molecule has 40 heavy (non-hydrogen) atoms. The third-order valence-corrected chi connectivity index (χ3v) is 7.86. The van der Waals surface area contributed by atoms with Gasteiger partial charge >= 0.3 is 5.97 Å². The van der Waals surface area contributed by atoms with E-state index in [1.807, 2.05) is 67.6 Å². The quantitative estimate of drug-likeness (QED) is 0.318. The van der Waals surface area contributed by atoms with Gasteiger partial charge in [0.1, 0.15) is 11.5 Å². The van der Waals surface area contributed by atoms with Crippen LogP contribution in [-0.2, 0) is 20.7 Å². The molecule has 0 fully saturated rings. The summed E-state index contributed by atoms with van der Waals surface area (Å²) in [7, 11) is 3.16. The number of rotatable bonds is 8. The van der Waals surface area contributed by atoms with Gasteiger partial charge in [-0.3, -0.25) is 4.79 Å². The highest BCUT2D eigenvalue weighted by Crippen LogP contribution is 2.48. The molecule has 0 saturated heterocycles. The number of methoxy groups -OCH3 is 2. The van der Waals surface area contributed by atoms with Crippen LogP contribution in [0.15, 0.2) is 95.3 Å². The lowest BCUT2D eigenvalue weighted by Gasteiger charge is -2.37. The van der Waals surface area contributed by atoms with Gasteiger partial charge in [-0.15, -0.1) is 0 Å². The number of carbonyl (C=O) groups excluding carboxylic acids is 2. The first-order valence-corrected chi connectivity index (χ1v) is 13.7. The van der Waals surface area contributed by atoms with E-state index in [2.05, 4.69) is 5.32 Å². The molecular weight excluding hydrogens is 526 g/mol. The highest BCUT2D eigenvalue weighted by Gasteiger charge is 2.42. The van der Waals surface area contributed by atoms with Gasteiger partial charge in [0.05, 0.1) is 32.3 Å². The number of ether oxygens (including phenoxy) is 3. The number of nitrogens with one attached hydrogen (secondary N) is 1. The van der Waals surface area contributed by atoms with Crippen molar-refractivity contribution in [2.24, 2.45) is 0 Å². The minimum absolute atomic E-state index is 0.00366. The van der Waals surface area contributed by atoms with Crippen LogP contribution in [0.1, 0.15) is 48.3 Å². The first-order chi connectivity index (χ1) is 19.4. The maximum Gasteiger partial charge on any atom is 0.336 e. The molecule has 0 saturated carbocycles. The Morgan fingerprint density at radius 3 is 2.42 bits per heavy atom. The highest BCUT2D eigenvalue weighted by atomic mass is 35.5. The zero-order valence-corrected chi connectivity index (χ0v) is 23.6. The molecule has 5 rings (SSSR count). The number of carbonyl (C=O) groups is 2. The molecule has 3 aromatic rings. The van der Waals surface area contributed by atoms with E-state index >= 15 is 0 Å². The van der Waals surface area contributed by atoms with E-state index in [0.29, 0.717) is 58.2 Å². The molecule has 6 nitrogen and oxygen atoms in total. The van der Waals surface area contributed by atoms with Gasteiger partial charge in [-0.25, -0.2) is 4.79 Å². The Balaban J connectivity index is 1.53. The second-order valence-electron chi connectivity index (χ2n) is 10.0. The molecule has 2 atom stereocenters. The predicted octanol–water partition coefficient (Wildman–Crippen LogP) is 6.50. The maximum absolute atomic E-state index is 13.9. The van der Waals surface area contributed by atoms with Crippen molar-refractivity contribution >= 4 is 23.4 Å². The van der Waals surface area contributed by atoms with Gasteiger partial charge in [0, 0.05) is 40.4 Å². The van der Waals surface area contributed by atoms with Crippen molar-refractivity contribution in [1.82, 2.24) is 5.32 Å². The summed E-state index contributed by atoms with van der Waals surface area (Å²) in [6.07, 6.45) is 1.54. The number of esters is 1. The summed E-state index contributed by atoms with van der Waals surface area (Å²) in [5.74, 6) is 0.0173. The standard InChI is InChI=1S/C33H32ClNO5/c1-20-30(33(37)40-16-15-21-7-5-4-6-8-21)31(26-19-25(38-2)13-14-29(26)39-3)32-27(35-20)17-23(18-28(32)36)22-9-11-24(34)12-10-22/h4-14,19,23,31,35H,15-18H2,1-3H3. The lowest BCUT2D eigenvalue weighted by molar-refractivity contribution is -0.139. The molecule has 0 aromatic heterocycles. The number of allylic oxidation sites excluding steroid dienone is 3. The monoisotopic (exact) mass is 557 g/mol. The molecule has 1 heterocycles. The van der Waals surface area contributed by atoms with Gasteiger partial charge in [0.15, 0.2) is 5.78 Å². The second kappa shape index (κ2) is 12.0. The molecule has 2 aliphatic rings. The summed E-state index contributed by atoms with van der Waals surface area (Å²) in [6, 6.07) is 22.9. The molecule has 0 spiro atoms. The Morgan fingerprint density at radius 2 is 1.73 bits per heavy atom. The van der Waals surface area contributed by atoms with Gasteiger partial charge in [-0.2, -0.15) is 0 Å². The third kappa shape index (κ3) is 5.63. The van der Waals surface area contributed by atoms with Gasteiger partial charge in [0.2, 0.25) is 0 Å². The van der Waals surface area contributed by atoms with Crippen molar-refractivity contribution in [3.05, 3.63) is 117 Å².